The van der Waals surface area contributed by atoms with E-state index in [0.717, 1.165) is 28.7 Å². The lowest BCUT2D eigenvalue weighted by molar-refractivity contribution is -0.160. The van der Waals surface area contributed by atoms with Gasteiger partial charge in [0.15, 0.2) is 6.10 Å². The molecular weight excluding hydrogens is 520 g/mol. The molecule has 4 heterocycles. The molecule has 1 N–H and O–H groups in total. The fourth-order valence-corrected chi connectivity index (χ4v) is 5.64. The predicted molar refractivity (Wildman–Crippen MR) is 155 cm³/mol. The Balaban J connectivity index is 1.73. The minimum Gasteiger partial charge on any atom is -0.493 e. The molecule has 0 saturated heterocycles. The maximum atomic E-state index is 13.2. The Hall–Kier alpha value is -4.63. The van der Waals surface area contributed by atoms with Gasteiger partial charge in [-0.2, -0.15) is 0 Å². The van der Waals surface area contributed by atoms with E-state index in [1.54, 1.807) is 35.4 Å². The van der Waals surface area contributed by atoms with Crippen LogP contribution in [-0.2, 0) is 22.5 Å². The summed E-state index contributed by atoms with van der Waals surface area (Å²) in [5.41, 5.74) is 4.77. The molecule has 0 fully saturated rings. The Labute approximate surface area is 236 Å². The molecule has 1 atom stereocenters. The highest BCUT2D eigenvalue weighted by Crippen LogP contribution is 2.44. The highest BCUT2D eigenvalue weighted by Gasteiger charge is 2.33. The normalized spacial score (nSPS) is 13.8. The molecule has 3 aromatic heterocycles. The second-order valence-corrected chi connectivity index (χ2v) is 11.2. The Kier molecular flexibility index (Phi) is 6.54. The van der Waals surface area contributed by atoms with Crippen LogP contribution in [-0.4, -0.2) is 42.8 Å². The minimum absolute atomic E-state index is 0.203. The summed E-state index contributed by atoms with van der Waals surface area (Å²) in [5, 5.41) is 12.1. The molecule has 1 aliphatic rings. The SMILES string of the molecule is Cc1cc2c(ccc(=O)n2Cc2cnccn2)c(-c2ccc3c4c(ccnc24)CCO3)c1C(OC(C)(C)C)C(=O)O. The van der Waals surface area contributed by atoms with Gasteiger partial charge in [-0.25, -0.2) is 4.79 Å². The summed E-state index contributed by atoms with van der Waals surface area (Å²) < 4.78 is 13.8. The molecule has 41 heavy (non-hydrogen) atoms. The molecule has 0 aliphatic carbocycles. The molecule has 0 bridgehead atoms. The molecule has 0 amide bonds. The highest BCUT2D eigenvalue weighted by molar-refractivity contribution is 6.08. The lowest BCUT2D eigenvalue weighted by atomic mass is 9.86. The number of rotatable bonds is 6. The van der Waals surface area contributed by atoms with Gasteiger partial charge >= 0.3 is 5.97 Å². The van der Waals surface area contributed by atoms with E-state index >= 15 is 0 Å². The molecule has 2 aromatic carbocycles. The van der Waals surface area contributed by atoms with E-state index in [4.69, 9.17) is 14.5 Å². The van der Waals surface area contributed by atoms with Gasteiger partial charge in [-0.1, -0.05) is 0 Å². The van der Waals surface area contributed by atoms with Gasteiger partial charge in [-0.3, -0.25) is 19.7 Å². The number of hydrogen-bond acceptors (Lipinski definition) is 7. The van der Waals surface area contributed by atoms with E-state index in [9.17, 15) is 14.7 Å². The van der Waals surface area contributed by atoms with Crippen molar-refractivity contribution < 1.29 is 19.4 Å². The van der Waals surface area contributed by atoms with Gasteiger partial charge < -0.3 is 19.1 Å². The van der Waals surface area contributed by atoms with Gasteiger partial charge in [-0.05, 0) is 74.7 Å². The zero-order valence-electron chi connectivity index (χ0n) is 23.3. The summed E-state index contributed by atoms with van der Waals surface area (Å²) in [6.07, 6.45) is 6.06. The van der Waals surface area contributed by atoms with Crippen LogP contribution in [0.3, 0.4) is 0 Å². The van der Waals surface area contributed by atoms with Crippen LogP contribution < -0.4 is 10.3 Å². The van der Waals surface area contributed by atoms with Gasteiger partial charge in [0.2, 0.25) is 0 Å². The van der Waals surface area contributed by atoms with Crippen LogP contribution in [0.4, 0.5) is 0 Å². The van der Waals surface area contributed by atoms with E-state index in [0.29, 0.717) is 45.4 Å². The molecule has 9 nitrogen and oxygen atoms in total. The zero-order chi connectivity index (χ0) is 28.9. The first-order valence-corrected chi connectivity index (χ1v) is 13.5. The van der Waals surface area contributed by atoms with Crippen molar-refractivity contribution in [2.24, 2.45) is 0 Å². The van der Waals surface area contributed by atoms with Crippen molar-refractivity contribution >= 4 is 27.8 Å². The zero-order valence-corrected chi connectivity index (χ0v) is 23.3. The summed E-state index contributed by atoms with van der Waals surface area (Å²) in [6.45, 7) is 8.14. The molecular formula is C32H30N4O5. The number of aliphatic carboxylic acids is 1. The van der Waals surface area contributed by atoms with Crippen LogP contribution in [0.25, 0.3) is 32.9 Å². The van der Waals surface area contributed by atoms with Crippen molar-refractivity contribution in [3.63, 3.8) is 0 Å². The Morgan fingerprint density at radius 3 is 2.68 bits per heavy atom. The van der Waals surface area contributed by atoms with Crippen molar-refractivity contribution in [2.75, 3.05) is 6.61 Å². The maximum Gasteiger partial charge on any atom is 0.337 e. The third-order valence-corrected chi connectivity index (χ3v) is 7.28. The largest absolute Gasteiger partial charge is 0.493 e. The average Bonchev–Trinajstić information content (AvgIpc) is 2.94. The van der Waals surface area contributed by atoms with E-state index in [1.807, 2.05) is 52.0 Å². The fraction of sp³-hybridized carbons (Fsp3) is 0.281. The monoisotopic (exact) mass is 550 g/mol. The molecule has 1 unspecified atom stereocenters. The second kappa shape index (κ2) is 10.1. The van der Waals surface area contributed by atoms with Crippen LogP contribution in [0.5, 0.6) is 5.75 Å². The molecule has 1 aliphatic heterocycles. The molecule has 208 valence electrons. The summed E-state index contributed by atoms with van der Waals surface area (Å²) in [5.74, 6) is -0.354. The number of nitrogens with zero attached hydrogens (tertiary/aromatic N) is 4. The van der Waals surface area contributed by atoms with Crippen molar-refractivity contribution in [3.05, 3.63) is 93.9 Å². The van der Waals surface area contributed by atoms with Gasteiger partial charge in [0.1, 0.15) is 5.75 Å². The molecule has 0 spiro atoms. The first-order valence-electron chi connectivity index (χ1n) is 13.5. The molecule has 5 aromatic rings. The average molecular weight is 551 g/mol. The summed E-state index contributed by atoms with van der Waals surface area (Å²) in [7, 11) is 0. The molecule has 9 heteroatoms. The Morgan fingerprint density at radius 1 is 1.12 bits per heavy atom. The number of carboxylic acid groups (broad SMARTS) is 1. The first kappa shape index (κ1) is 26.6. The number of aromatic nitrogens is 4. The van der Waals surface area contributed by atoms with Crippen molar-refractivity contribution in [1.29, 1.82) is 0 Å². The lowest BCUT2D eigenvalue weighted by Gasteiger charge is -2.29. The van der Waals surface area contributed by atoms with Crippen molar-refractivity contribution in [3.8, 4) is 16.9 Å². The van der Waals surface area contributed by atoms with Crippen LogP contribution in [0.15, 0.2) is 66.0 Å². The smallest absolute Gasteiger partial charge is 0.337 e. The topological polar surface area (TPSA) is 116 Å². The van der Waals surface area contributed by atoms with Gasteiger partial charge in [-0.15, -0.1) is 0 Å². The van der Waals surface area contributed by atoms with E-state index in [-0.39, 0.29) is 12.1 Å². The molecule has 6 rings (SSSR count). The standard InChI is InChI=1S/C32H30N4O5/c1-18-15-23-21(6-8-25(37)36(23)17-20-16-33-12-13-34-20)28(26(18)30(31(38)39)41-32(2,3)4)22-5-7-24-27-19(10-14-40-24)9-11-35-29(22)27/h5-9,11-13,15-16,30H,10,14,17H2,1-4H3,(H,38,39). The maximum absolute atomic E-state index is 13.2. The van der Waals surface area contributed by atoms with E-state index in [1.165, 1.54) is 6.07 Å². The van der Waals surface area contributed by atoms with Gasteiger partial charge in [0, 0.05) is 53.0 Å². The summed E-state index contributed by atoms with van der Waals surface area (Å²) >= 11 is 0. The van der Waals surface area contributed by atoms with Crippen LogP contribution in [0.1, 0.15) is 49.3 Å². The molecule has 0 radical (unpaired) electrons. The van der Waals surface area contributed by atoms with Gasteiger partial charge in [0.05, 0.1) is 41.7 Å². The first-order chi connectivity index (χ1) is 19.6. The Morgan fingerprint density at radius 2 is 1.95 bits per heavy atom. The quantitative estimate of drug-likeness (QED) is 0.305. The number of ether oxygens (including phenoxy) is 2. The summed E-state index contributed by atoms with van der Waals surface area (Å²) in [4.78, 5) is 39.3. The van der Waals surface area contributed by atoms with Crippen LogP contribution >= 0.6 is 0 Å². The molecule has 0 saturated carbocycles. The number of benzene rings is 2. The second-order valence-electron chi connectivity index (χ2n) is 11.2. The number of fused-ring (bicyclic) bond motifs is 1. The number of carboxylic acids is 1. The summed E-state index contributed by atoms with van der Waals surface area (Å²) in [6, 6.07) is 10.9. The fourth-order valence-electron chi connectivity index (χ4n) is 5.64. The predicted octanol–water partition coefficient (Wildman–Crippen LogP) is 5.24. The van der Waals surface area contributed by atoms with Crippen LogP contribution in [0.2, 0.25) is 0 Å². The number of pyridine rings is 2. The number of hydrogen-bond donors (Lipinski definition) is 1. The lowest BCUT2D eigenvalue weighted by Crippen LogP contribution is -2.28. The van der Waals surface area contributed by atoms with Crippen LogP contribution in [0, 0.1) is 6.92 Å². The third kappa shape index (κ3) is 4.82. The number of aryl methyl sites for hydroxylation is 1. The highest BCUT2D eigenvalue weighted by atomic mass is 16.5. The number of carbonyl (C=O) groups is 1. The van der Waals surface area contributed by atoms with Crippen molar-refractivity contribution in [2.45, 2.75) is 52.4 Å². The van der Waals surface area contributed by atoms with E-state index < -0.39 is 17.7 Å². The van der Waals surface area contributed by atoms with E-state index in [2.05, 4.69) is 9.97 Å². The van der Waals surface area contributed by atoms with Gasteiger partial charge in [0.25, 0.3) is 5.56 Å². The van der Waals surface area contributed by atoms with Crippen molar-refractivity contribution in [1.82, 2.24) is 19.5 Å². The minimum atomic E-state index is -1.27. The Bertz CT molecular complexity index is 1870. The third-order valence-electron chi connectivity index (χ3n) is 7.28.